The topological polar surface area (TPSA) is 42.0 Å². The number of hydrogen-bond donors (Lipinski definition) is 1. The van der Waals surface area contributed by atoms with Crippen molar-refractivity contribution >= 4 is 12.0 Å². The highest BCUT2D eigenvalue weighted by Gasteiger charge is 1.89. The summed E-state index contributed by atoms with van der Waals surface area (Å²) in [7, 11) is 1.80. The Morgan fingerprint density at radius 2 is 2.40 bits per heavy atom. The Kier molecular flexibility index (Phi) is 1.99. The van der Waals surface area contributed by atoms with Crippen molar-refractivity contribution < 1.29 is 4.79 Å². The van der Waals surface area contributed by atoms with E-state index in [1.807, 2.05) is 0 Å². The number of pyridine rings is 1. The van der Waals surface area contributed by atoms with E-state index in [0.717, 1.165) is 12.0 Å². The first kappa shape index (κ1) is 6.74. The molecule has 0 bridgehead atoms. The predicted molar refractivity (Wildman–Crippen MR) is 39.2 cm³/mol. The molecule has 10 heavy (non-hydrogen) atoms. The van der Waals surface area contributed by atoms with Gasteiger partial charge >= 0.3 is 0 Å². The predicted octanol–water partition coefficient (Wildman–Crippen LogP) is 0.936. The van der Waals surface area contributed by atoms with Gasteiger partial charge in [0.2, 0.25) is 0 Å². The molecule has 3 nitrogen and oxygen atoms in total. The molecule has 0 atom stereocenters. The van der Waals surface area contributed by atoms with Gasteiger partial charge in [-0.05, 0) is 12.1 Å². The maximum atomic E-state index is 10.1. The average molecular weight is 136 g/mol. The molecule has 52 valence electrons. The Bertz CT molecular complexity index is 218. The molecule has 0 saturated heterocycles. The summed E-state index contributed by atoms with van der Waals surface area (Å²) in [6.45, 7) is 0. The van der Waals surface area contributed by atoms with Crippen LogP contribution in [-0.4, -0.2) is 18.3 Å². The van der Waals surface area contributed by atoms with E-state index in [1.165, 1.54) is 0 Å². The molecule has 0 unspecified atom stereocenters. The lowest BCUT2D eigenvalue weighted by Crippen LogP contribution is -1.90. The Morgan fingerprint density at radius 3 is 2.80 bits per heavy atom. The van der Waals surface area contributed by atoms with Crippen LogP contribution in [0.15, 0.2) is 18.3 Å². The summed E-state index contributed by atoms with van der Waals surface area (Å²) in [5.74, 6) is 0. The van der Waals surface area contributed by atoms with Gasteiger partial charge in [-0.2, -0.15) is 0 Å². The highest BCUT2D eigenvalue weighted by Crippen LogP contribution is 2.02. The molecule has 0 fully saturated rings. The fraction of sp³-hybridized carbons (Fsp3) is 0.143. The Balaban J connectivity index is 2.90. The molecule has 0 aliphatic carbocycles. The first-order valence-corrected chi connectivity index (χ1v) is 2.96. The van der Waals surface area contributed by atoms with Gasteiger partial charge in [0.05, 0.1) is 11.9 Å². The van der Waals surface area contributed by atoms with Crippen LogP contribution in [0.25, 0.3) is 0 Å². The van der Waals surface area contributed by atoms with Crippen LogP contribution in [0.4, 0.5) is 5.69 Å². The number of hydrogen-bond acceptors (Lipinski definition) is 3. The van der Waals surface area contributed by atoms with E-state index in [1.54, 1.807) is 25.4 Å². The second kappa shape index (κ2) is 2.96. The summed E-state index contributed by atoms with van der Waals surface area (Å²) < 4.78 is 0. The highest BCUT2D eigenvalue weighted by molar-refractivity contribution is 5.72. The van der Waals surface area contributed by atoms with Gasteiger partial charge in [-0.25, -0.2) is 0 Å². The molecular formula is C7H8N2O. The molecule has 0 radical (unpaired) electrons. The number of rotatable bonds is 2. The number of aldehydes is 1. The van der Waals surface area contributed by atoms with E-state index >= 15 is 0 Å². The van der Waals surface area contributed by atoms with Gasteiger partial charge in [0.1, 0.15) is 5.69 Å². The van der Waals surface area contributed by atoms with Gasteiger partial charge in [0.25, 0.3) is 0 Å². The van der Waals surface area contributed by atoms with Crippen molar-refractivity contribution in [3.05, 3.63) is 24.0 Å². The zero-order valence-electron chi connectivity index (χ0n) is 5.66. The largest absolute Gasteiger partial charge is 0.387 e. The minimum atomic E-state index is 0.457. The number of anilines is 1. The molecule has 1 aromatic heterocycles. The molecule has 0 aromatic carbocycles. The van der Waals surface area contributed by atoms with Gasteiger partial charge < -0.3 is 5.32 Å². The number of carbonyl (C=O) groups is 1. The van der Waals surface area contributed by atoms with Crippen LogP contribution in [0.1, 0.15) is 10.5 Å². The molecule has 0 spiro atoms. The van der Waals surface area contributed by atoms with Crippen molar-refractivity contribution in [2.45, 2.75) is 0 Å². The molecule has 0 amide bonds. The molecule has 3 heteroatoms. The van der Waals surface area contributed by atoms with Crippen LogP contribution in [0, 0.1) is 0 Å². The van der Waals surface area contributed by atoms with E-state index in [2.05, 4.69) is 10.3 Å². The third-order valence-electron chi connectivity index (χ3n) is 1.20. The van der Waals surface area contributed by atoms with Crippen molar-refractivity contribution in [1.29, 1.82) is 0 Å². The number of aromatic nitrogens is 1. The van der Waals surface area contributed by atoms with Crippen molar-refractivity contribution in [3.63, 3.8) is 0 Å². The van der Waals surface area contributed by atoms with Crippen LogP contribution in [0.5, 0.6) is 0 Å². The number of nitrogens with one attached hydrogen (secondary N) is 1. The molecule has 0 aliphatic rings. The Hall–Kier alpha value is -1.38. The number of nitrogens with zero attached hydrogens (tertiary/aromatic N) is 1. The number of carbonyl (C=O) groups excluding carboxylic acids is 1. The molecule has 1 rings (SSSR count). The zero-order chi connectivity index (χ0) is 7.40. The van der Waals surface area contributed by atoms with Crippen LogP contribution in [0.2, 0.25) is 0 Å². The molecule has 1 N–H and O–H groups in total. The van der Waals surface area contributed by atoms with E-state index < -0.39 is 0 Å². The first-order valence-electron chi connectivity index (χ1n) is 2.96. The third-order valence-corrected chi connectivity index (χ3v) is 1.20. The maximum Gasteiger partial charge on any atom is 0.168 e. The average Bonchev–Trinajstić information content (AvgIpc) is 2.05. The smallest absolute Gasteiger partial charge is 0.168 e. The van der Waals surface area contributed by atoms with Crippen LogP contribution < -0.4 is 5.32 Å². The van der Waals surface area contributed by atoms with Gasteiger partial charge in [0, 0.05) is 7.05 Å². The molecule has 1 heterocycles. The second-order valence-electron chi connectivity index (χ2n) is 1.84. The van der Waals surface area contributed by atoms with Crippen LogP contribution >= 0.6 is 0 Å². The fourth-order valence-electron chi connectivity index (χ4n) is 0.623. The van der Waals surface area contributed by atoms with Gasteiger partial charge in [-0.1, -0.05) is 0 Å². The monoisotopic (exact) mass is 136 g/mol. The molecular weight excluding hydrogens is 128 g/mol. The maximum absolute atomic E-state index is 10.1. The van der Waals surface area contributed by atoms with Crippen LogP contribution in [0.3, 0.4) is 0 Å². The minimum Gasteiger partial charge on any atom is -0.387 e. The van der Waals surface area contributed by atoms with E-state index in [0.29, 0.717) is 5.69 Å². The lowest BCUT2D eigenvalue weighted by Gasteiger charge is -1.96. The lowest BCUT2D eigenvalue weighted by molar-refractivity contribution is 0.111. The minimum absolute atomic E-state index is 0.457. The Labute approximate surface area is 59.1 Å². The summed E-state index contributed by atoms with van der Waals surface area (Å²) in [4.78, 5) is 14.0. The van der Waals surface area contributed by atoms with E-state index in [4.69, 9.17) is 0 Å². The second-order valence-corrected chi connectivity index (χ2v) is 1.84. The summed E-state index contributed by atoms with van der Waals surface area (Å²) in [5.41, 5.74) is 1.37. The lowest BCUT2D eigenvalue weighted by atomic mass is 10.3. The van der Waals surface area contributed by atoms with Crippen molar-refractivity contribution in [2.24, 2.45) is 0 Å². The van der Waals surface area contributed by atoms with Gasteiger partial charge in [0.15, 0.2) is 6.29 Å². The first-order chi connectivity index (χ1) is 4.86. The zero-order valence-corrected chi connectivity index (χ0v) is 5.66. The third kappa shape index (κ3) is 1.31. The van der Waals surface area contributed by atoms with Crippen LogP contribution in [-0.2, 0) is 0 Å². The summed E-state index contributed by atoms with van der Waals surface area (Å²) in [5, 5.41) is 2.90. The van der Waals surface area contributed by atoms with Crippen molar-refractivity contribution in [2.75, 3.05) is 12.4 Å². The van der Waals surface area contributed by atoms with Gasteiger partial charge in [-0.15, -0.1) is 0 Å². The molecule has 1 aromatic rings. The highest BCUT2D eigenvalue weighted by atomic mass is 16.1. The molecule has 0 saturated carbocycles. The normalized spacial score (nSPS) is 8.90. The van der Waals surface area contributed by atoms with Gasteiger partial charge in [-0.3, -0.25) is 9.78 Å². The quantitative estimate of drug-likeness (QED) is 0.615. The van der Waals surface area contributed by atoms with Crippen molar-refractivity contribution in [3.8, 4) is 0 Å². The van der Waals surface area contributed by atoms with E-state index in [9.17, 15) is 4.79 Å². The summed E-state index contributed by atoms with van der Waals surface area (Å²) in [6.07, 6.45) is 2.34. The Morgan fingerprint density at radius 1 is 1.60 bits per heavy atom. The summed E-state index contributed by atoms with van der Waals surface area (Å²) in [6, 6.07) is 3.47. The molecule has 0 aliphatic heterocycles. The van der Waals surface area contributed by atoms with Crippen molar-refractivity contribution in [1.82, 2.24) is 4.98 Å². The van der Waals surface area contributed by atoms with E-state index in [-0.39, 0.29) is 0 Å². The fourth-order valence-corrected chi connectivity index (χ4v) is 0.623. The standard InChI is InChI=1S/C7H8N2O/c1-8-6-2-3-7(5-10)9-4-6/h2-5,8H,1H3. The SMILES string of the molecule is CNc1ccc(C=O)nc1. The summed E-state index contributed by atoms with van der Waals surface area (Å²) >= 11 is 0.